The molecule has 0 aliphatic carbocycles. The average Bonchev–Trinajstić information content (AvgIpc) is 3.28. The number of aryl methyl sites for hydroxylation is 2. The predicted molar refractivity (Wildman–Crippen MR) is 141 cm³/mol. The fraction of sp³-hybridized carbons (Fsp3) is 0.552. The lowest BCUT2D eigenvalue weighted by Crippen LogP contribution is -2.44. The molecule has 0 bridgehead atoms. The van der Waals surface area contributed by atoms with Crippen molar-refractivity contribution in [3.63, 3.8) is 0 Å². The van der Waals surface area contributed by atoms with Crippen LogP contribution in [0.1, 0.15) is 75.5 Å². The zero-order valence-electron chi connectivity index (χ0n) is 22.4. The van der Waals surface area contributed by atoms with Crippen LogP contribution in [0.3, 0.4) is 0 Å². The van der Waals surface area contributed by atoms with Gasteiger partial charge in [0.25, 0.3) is 0 Å². The molecule has 35 heavy (non-hydrogen) atoms. The third kappa shape index (κ3) is 6.41. The lowest BCUT2D eigenvalue weighted by atomic mass is 9.87. The molecule has 2 heterocycles. The van der Waals surface area contributed by atoms with Gasteiger partial charge in [-0.1, -0.05) is 43.7 Å². The number of hydrogen-bond donors (Lipinski definition) is 1. The number of nitrogens with zero attached hydrogens (tertiary/aromatic N) is 3. The lowest BCUT2D eigenvalue weighted by molar-refractivity contribution is -0.129. The molecule has 1 aliphatic rings. The molecule has 0 unspecified atom stereocenters. The first-order valence-electron chi connectivity index (χ1n) is 12.7. The van der Waals surface area contributed by atoms with Gasteiger partial charge in [0.2, 0.25) is 5.91 Å². The van der Waals surface area contributed by atoms with Gasteiger partial charge in [-0.05, 0) is 76.5 Å². The number of amides is 2. The van der Waals surface area contributed by atoms with Crippen molar-refractivity contribution >= 4 is 12.0 Å². The summed E-state index contributed by atoms with van der Waals surface area (Å²) in [5.74, 6) is 0.478. The molecule has 0 atom stereocenters. The van der Waals surface area contributed by atoms with E-state index in [2.05, 4.69) is 45.0 Å². The van der Waals surface area contributed by atoms with E-state index in [1.165, 1.54) is 4.90 Å². The monoisotopic (exact) mass is 479 g/mol. The first-order valence-corrected chi connectivity index (χ1v) is 12.7. The molecule has 3 rings (SSSR count). The van der Waals surface area contributed by atoms with Crippen molar-refractivity contribution in [2.45, 2.75) is 86.2 Å². The summed E-state index contributed by atoms with van der Waals surface area (Å²) in [5.41, 5.74) is 6.14. The number of pyridine rings is 1. The number of carboxylic acid groups (broad SMARTS) is 1. The second-order valence-electron chi connectivity index (χ2n) is 11.2. The maximum Gasteiger partial charge on any atom is 0.408 e. The first-order chi connectivity index (χ1) is 16.4. The van der Waals surface area contributed by atoms with Crippen LogP contribution in [0.5, 0.6) is 0 Å². The van der Waals surface area contributed by atoms with E-state index in [-0.39, 0.29) is 18.9 Å². The molecule has 1 N–H and O–H groups in total. The summed E-state index contributed by atoms with van der Waals surface area (Å²) in [7, 11) is 0. The Balaban J connectivity index is 2.26. The Hall–Kier alpha value is -2.89. The Morgan fingerprint density at radius 2 is 1.66 bits per heavy atom. The molecule has 0 saturated carbocycles. The molecule has 2 amide bonds. The largest absolute Gasteiger partial charge is 0.465 e. The summed E-state index contributed by atoms with van der Waals surface area (Å²) in [6, 6.07) is 8.31. The highest BCUT2D eigenvalue weighted by Gasteiger charge is 2.31. The molecular weight excluding hydrogens is 438 g/mol. The molecule has 190 valence electrons. The van der Waals surface area contributed by atoms with E-state index < -0.39 is 11.6 Å². The number of benzene rings is 1. The first kappa shape index (κ1) is 26.7. The summed E-state index contributed by atoms with van der Waals surface area (Å²) in [4.78, 5) is 34.0. The van der Waals surface area contributed by atoms with Gasteiger partial charge in [0.05, 0.1) is 13.0 Å². The van der Waals surface area contributed by atoms with Crippen LogP contribution in [-0.2, 0) is 24.2 Å². The maximum atomic E-state index is 13.3. The van der Waals surface area contributed by atoms with Crippen LogP contribution >= 0.6 is 0 Å². The minimum absolute atomic E-state index is 0.120. The van der Waals surface area contributed by atoms with Crippen molar-refractivity contribution in [1.29, 1.82) is 0 Å². The van der Waals surface area contributed by atoms with Crippen LogP contribution in [-0.4, -0.2) is 50.5 Å². The van der Waals surface area contributed by atoms with Gasteiger partial charge in [-0.3, -0.25) is 14.7 Å². The van der Waals surface area contributed by atoms with Crippen molar-refractivity contribution in [3.05, 3.63) is 52.3 Å². The smallest absolute Gasteiger partial charge is 0.408 e. The topological polar surface area (TPSA) is 73.7 Å². The van der Waals surface area contributed by atoms with E-state index in [0.717, 1.165) is 71.6 Å². The Bertz CT molecular complexity index is 1060. The van der Waals surface area contributed by atoms with Gasteiger partial charge in [-0.2, -0.15) is 0 Å². The maximum absolute atomic E-state index is 13.3. The molecule has 1 aromatic heterocycles. The van der Waals surface area contributed by atoms with Gasteiger partial charge in [0.1, 0.15) is 0 Å². The third-order valence-electron chi connectivity index (χ3n) is 6.78. The molecule has 2 aromatic rings. The van der Waals surface area contributed by atoms with Crippen LogP contribution in [0, 0.1) is 19.8 Å². The van der Waals surface area contributed by atoms with Gasteiger partial charge in [0.15, 0.2) is 0 Å². The number of hydrogen-bond acceptors (Lipinski definition) is 3. The molecule has 1 fully saturated rings. The van der Waals surface area contributed by atoms with E-state index in [4.69, 9.17) is 4.98 Å². The number of carbonyl (C=O) groups excluding carboxylic acids is 1. The van der Waals surface area contributed by atoms with E-state index in [1.807, 2.05) is 32.6 Å². The number of carbonyl (C=O) groups is 2. The van der Waals surface area contributed by atoms with Crippen LogP contribution in [0.25, 0.3) is 11.1 Å². The highest BCUT2D eigenvalue weighted by Crippen LogP contribution is 2.35. The highest BCUT2D eigenvalue weighted by molar-refractivity contribution is 5.84. The van der Waals surface area contributed by atoms with Crippen LogP contribution in [0.15, 0.2) is 24.3 Å². The van der Waals surface area contributed by atoms with Crippen molar-refractivity contribution in [2.24, 2.45) is 5.92 Å². The predicted octanol–water partition coefficient (Wildman–Crippen LogP) is 6.01. The zero-order valence-corrected chi connectivity index (χ0v) is 22.4. The number of rotatable bonds is 7. The molecule has 1 aromatic carbocycles. The Morgan fingerprint density at radius 1 is 1.06 bits per heavy atom. The van der Waals surface area contributed by atoms with Gasteiger partial charge >= 0.3 is 6.09 Å². The van der Waals surface area contributed by atoms with E-state index >= 15 is 0 Å². The minimum Gasteiger partial charge on any atom is -0.465 e. The Morgan fingerprint density at radius 3 is 2.17 bits per heavy atom. The number of aromatic nitrogens is 1. The third-order valence-corrected chi connectivity index (χ3v) is 6.78. The van der Waals surface area contributed by atoms with E-state index in [9.17, 15) is 14.7 Å². The zero-order chi connectivity index (χ0) is 25.9. The molecule has 6 heteroatoms. The Kier molecular flexibility index (Phi) is 8.24. The van der Waals surface area contributed by atoms with Crippen molar-refractivity contribution in [2.75, 3.05) is 13.1 Å². The summed E-state index contributed by atoms with van der Waals surface area (Å²) < 4.78 is 0. The lowest BCUT2D eigenvalue weighted by Gasteiger charge is -2.35. The standard InChI is InChI=1S/C29H41N3O3/c1-19(2)16-25-24(18-32(28(34)35)29(5,6)7)27(22-12-10-20(3)11-13-22)23(21(4)30-25)17-26(33)31-14-8-9-15-31/h10-13,19H,8-9,14-18H2,1-7H3,(H,34,35). The van der Waals surface area contributed by atoms with Crippen molar-refractivity contribution in [3.8, 4) is 11.1 Å². The molecule has 0 spiro atoms. The van der Waals surface area contributed by atoms with E-state index in [0.29, 0.717) is 5.92 Å². The molecule has 1 saturated heterocycles. The van der Waals surface area contributed by atoms with Crippen LogP contribution in [0.2, 0.25) is 0 Å². The molecule has 0 radical (unpaired) electrons. The van der Waals surface area contributed by atoms with Crippen molar-refractivity contribution < 1.29 is 14.7 Å². The summed E-state index contributed by atoms with van der Waals surface area (Å²) in [6.45, 7) is 15.9. The fourth-order valence-corrected chi connectivity index (χ4v) is 4.83. The van der Waals surface area contributed by atoms with Crippen molar-refractivity contribution in [1.82, 2.24) is 14.8 Å². The highest BCUT2D eigenvalue weighted by atomic mass is 16.4. The van der Waals surface area contributed by atoms with Crippen LogP contribution in [0.4, 0.5) is 4.79 Å². The SMILES string of the molecule is Cc1ccc(-c2c(CC(=O)N3CCCC3)c(C)nc(CC(C)C)c2CN(C(=O)O)C(C)(C)C)cc1. The second-order valence-corrected chi connectivity index (χ2v) is 11.2. The van der Waals surface area contributed by atoms with E-state index in [1.54, 1.807) is 0 Å². The van der Waals surface area contributed by atoms with Gasteiger partial charge in [-0.25, -0.2) is 4.79 Å². The fourth-order valence-electron chi connectivity index (χ4n) is 4.83. The Labute approximate surface area is 210 Å². The van der Waals surface area contributed by atoms with Gasteiger partial charge in [0, 0.05) is 35.6 Å². The quantitative estimate of drug-likeness (QED) is 0.528. The normalized spacial score (nSPS) is 14.0. The molecule has 6 nitrogen and oxygen atoms in total. The van der Waals surface area contributed by atoms with Gasteiger partial charge < -0.3 is 10.0 Å². The minimum atomic E-state index is -0.960. The summed E-state index contributed by atoms with van der Waals surface area (Å²) in [5, 5.41) is 10.1. The molecular formula is C29H41N3O3. The number of likely N-dealkylation sites (tertiary alicyclic amines) is 1. The van der Waals surface area contributed by atoms with Crippen LogP contribution < -0.4 is 0 Å². The van der Waals surface area contributed by atoms with Gasteiger partial charge in [-0.15, -0.1) is 0 Å². The second kappa shape index (κ2) is 10.8. The average molecular weight is 480 g/mol. The molecule has 1 aliphatic heterocycles. The summed E-state index contributed by atoms with van der Waals surface area (Å²) >= 11 is 0. The summed E-state index contributed by atoms with van der Waals surface area (Å²) in [6.07, 6.45) is 2.15.